The second-order valence-electron chi connectivity index (χ2n) is 8.09. The molecule has 1 aromatic carbocycles. The number of hydrogen-bond acceptors (Lipinski definition) is 3. The second kappa shape index (κ2) is 7.95. The molecule has 0 saturated carbocycles. The van der Waals surface area contributed by atoms with Crippen LogP contribution in [0.25, 0.3) is 0 Å². The van der Waals surface area contributed by atoms with Crippen molar-refractivity contribution in [1.82, 2.24) is 8.87 Å². The summed E-state index contributed by atoms with van der Waals surface area (Å²) in [6, 6.07) is 9.11. The Hall–Kier alpha value is -2.12. The van der Waals surface area contributed by atoms with Crippen LogP contribution in [-0.2, 0) is 28.3 Å². The van der Waals surface area contributed by atoms with Gasteiger partial charge in [-0.25, -0.2) is 8.42 Å². The Morgan fingerprint density at radius 3 is 2.62 bits per heavy atom. The highest BCUT2D eigenvalue weighted by Gasteiger charge is 2.35. The first kappa shape index (κ1) is 20.2. The highest BCUT2D eigenvalue weighted by molar-refractivity contribution is 7.89. The number of sulfonamides is 1. The van der Waals surface area contributed by atoms with Crippen LogP contribution in [0, 0.1) is 0 Å². The molecule has 29 heavy (non-hydrogen) atoms. The van der Waals surface area contributed by atoms with E-state index in [1.165, 1.54) is 0 Å². The standard InChI is InChI=1S/C22H29N3O3S/c1-17(26)24-14-6-8-18-16-19(11-12-20(18)24)29(27,28)25-15-5-3-4-9-22(25)21-10-7-13-23(21)2/h7,10-13,16,22H,3-6,8-9,14-15H2,1-2H3/t22-/m0/s1. The number of carbonyl (C=O) groups excluding carboxylic acids is 1. The molecule has 0 spiro atoms. The van der Waals surface area contributed by atoms with Crippen LogP contribution in [0.5, 0.6) is 0 Å². The molecule has 0 radical (unpaired) electrons. The maximum atomic E-state index is 13.7. The molecule has 1 aromatic heterocycles. The Bertz CT molecular complexity index is 1010. The van der Waals surface area contributed by atoms with Gasteiger partial charge in [0.15, 0.2) is 0 Å². The number of aromatic nitrogens is 1. The van der Waals surface area contributed by atoms with E-state index in [1.54, 1.807) is 34.3 Å². The first-order chi connectivity index (χ1) is 13.9. The molecule has 156 valence electrons. The van der Waals surface area contributed by atoms with Crippen LogP contribution in [0.3, 0.4) is 0 Å². The predicted octanol–water partition coefficient (Wildman–Crippen LogP) is 3.63. The normalized spacial score (nSPS) is 20.9. The molecule has 0 unspecified atom stereocenters. The molecule has 2 aliphatic rings. The Labute approximate surface area is 173 Å². The summed E-state index contributed by atoms with van der Waals surface area (Å²) in [5, 5.41) is 0. The largest absolute Gasteiger partial charge is 0.353 e. The number of hydrogen-bond donors (Lipinski definition) is 0. The van der Waals surface area contributed by atoms with Gasteiger partial charge in [0, 0.05) is 44.6 Å². The molecular formula is C22H29N3O3S. The number of amides is 1. The van der Waals surface area contributed by atoms with Gasteiger partial charge in [0.25, 0.3) is 0 Å². The van der Waals surface area contributed by atoms with Crippen LogP contribution in [0.15, 0.2) is 41.4 Å². The molecule has 0 aliphatic carbocycles. The minimum atomic E-state index is -3.63. The maximum Gasteiger partial charge on any atom is 0.243 e. The lowest BCUT2D eigenvalue weighted by Gasteiger charge is -2.31. The van der Waals surface area contributed by atoms with E-state index in [-0.39, 0.29) is 11.9 Å². The predicted molar refractivity (Wildman–Crippen MR) is 113 cm³/mol. The van der Waals surface area contributed by atoms with Gasteiger partial charge in [0.1, 0.15) is 0 Å². The molecule has 2 aromatic rings. The first-order valence-corrected chi connectivity index (χ1v) is 11.9. The molecule has 1 fully saturated rings. The van der Waals surface area contributed by atoms with Crippen molar-refractivity contribution in [2.45, 2.75) is 56.4 Å². The monoisotopic (exact) mass is 415 g/mol. The molecule has 1 saturated heterocycles. The van der Waals surface area contributed by atoms with Crippen LogP contribution >= 0.6 is 0 Å². The fourth-order valence-electron chi connectivity index (χ4n) is 4.68. The van der Waals surface area contributed by atoms with Crippen molar-refractivity contribution in [1.29, 1.82) is 0 Å². The molecule has 1 amide bonds. The number of aryl methyl sites for hydroxylation is 2. The lowest BCUT2D eigenvalue weighted by atomic mass is 10.0. The van der Waals surface area contributed by atoms with E-state index in [2.05, 4.69) is 0 Å². The van der Waals surface area contributed by atoms with Crippen molar-refractivity contribution in [3.05, 3.63) is 47.8 Å². The van der Waals surface area contributed by atoms with Crippen LogP contribution in [-0.4, -0.2) is 36.3 Å². The topological polar surface area (TPSA) is 62.6 Å². The van der Waals surface area contributed by atoms with E-state index < -0.39 is 10.0 Å². The molecule has 1 atom stereocenters. The van der Waals surface area contributed by atoms with Gasteiger partial charge in [-0.15, -0.1) is 0 Å². The number of nitrogens with zero attached hydrogens (tertiary/aromatic N) is 3. The molecule has 3 heterocycles. The van der Waals surface area contributed by atoms with Crippen molar-refractivity contribution >= 4 is 21.6 Å². The van der Waals surface area contributed by atoms with Crippen LogP contribution in [0.2, 0.25) is 0 Å². The molecule has 4 rings (SSSR count). The minimum absolute atomic E-state index is 0.00199. The van der Waals surface area contributed by atoms with E-state index >= 15 is 0 Å². The van der Waals surface area contributed by atoms with Crippen molar-refractivity contribution in [2.24, 2.45) is 7.05 Å². The van der Waals surface area contributed by atoms with E-state index in [0.29, 0.717) is 18.0 Å². The zero-order valence-corrected chi connectivity index (χ0v) is 18.0. The number of carbonyl (C=O) groups is 1. The zero-order valence-electron chi connectivity index (χ0n) is 17.2. The third kappa shape index (κ3) is 3.73. The molecule has 7 heteroatoms. The third-order valence-corrected chi connectivity index (χ3v) is 8.09. The first-order valence-electron chi connectivity index (χ1n) is 10.4. The zero-order chi connectivity index (χ0) is 20.6. The Balaban J connectivity index is 1.73. The molecule has 0 bridgehead atoms. The van der Waals surface area contributed by atoms with Gasteiger partial charge in [-0.2, -0.15) is 4.31 Å². The van der Waals surface area contributed by atoms with Crippen LogP contribution in [0.4, 0.5) is 5.69 Å². The summed E-state index contributed by atoms with van der Waals surface area (Å²) in [5.74, 6) is -0.00199. The lowest BCUT2D eigenvalue weighted by Crippen LogP contribution is -2.36. The Kier molecular flexibility index (Phi) is 5.53. The summed E-state index contributed by atoms with van der Waals surface area (Å²) in [6.07, 6.45) is 7.41. The smallest absolute Gasteiger partial charge is 0.243 e. The Morgan fingerprint density at radius 2 is 1.90 bits per heavy atom. The van der Waals surface area contributed by atoms with Gasteiger partial charge >= 0.3 is 0 Å². The van der Waals surface area contributed by atoms with Crippen molar-refractivity contribution in [2.75, 3.05) is 18.0 Å². The van der Waals surface area contributed by atoms with Crippen molar-refractivity contribution in [3.63, 3.8) is 0 Å². The van der Waals surface area contributed by atoms with Gasteiger partial charge in [-0.05, 0) is 61.6 Å². The molecular weight excluding hydrogens is 386 g/mol. The molecule has 0 N–H and O–H groups in total. The van der Waals surface area contributed by atoms with Crippen molar-refractivity contribution in [3.8, 4) is 0 Å². The average Bonchev–Trinajstić information content (AvgIpc) is 2.98. The minimum Gasteiger partial charge on any atom is -0.353 e. The van der Waals surface area contributed by atoms with E-state index in [1.807, 2.05) is 29.9 Å². The quantitative estimate of drug-likeness (QED) is 0.769. The average molecular weight is 416 g/mol. The van der Waals surface area contributed by atoms with Crippen LogP contribution < -0.4 is 4.90 Å². The summed E-state index contributed by atoms with van der Waals surface area (Å²) >= 11 is 0. The summed E-state index contributed by atoms with van der Waals surface area (Å²) in [6.45, 7) is 2.78. The lowest BCUT2D eigenvalue weighted by molar-refractivity contribution is -0.116. The summed E-state index contributed by atoms with van der Waals surface area (Å²) < 4.78 is 31.1. The van der Waals surface area contributed by atoms with E-state index in [4.69, 9.17) is 0 Å². The van der Waals surface area contributed by atoms with Gasteiger partial charge in [0.2, 0.25) is 15.9 Å². The number of anilines is 1. The number of fused-ring (bicyclic) bond motifs is 1. The van der Waals surface area contributed by atoms with Crippen molar-refractivity contribution < 1.29 is 13.2 Å². The van der Waals surface area contributed by atoms with Gasteiger partial charge in [0.05, 0.1) is 10.9 Å². The summed E-state index contributed by atoms with van der Waals surface area (Å²) in [7, 11) is -1.66. The van der Waals surface area contributed by atoms with E-state index in [0.717, 1.165) is 55.5 Å². The van der Waals surface area contributed by atoms with Gasteiger partial charge < -0.3 is 9.47 Å². The third-order valence-electron chi connectivity index (χ3n) is 6.19. The number of rotatable bonds is 3. The van der Waals surface area contributed by atoms with Crippen LogP contribution in [0.1, 0.15) is 56.3 Å². The highest BCUT2D eigenvalue weighted by Crippen LogP contribution is 2.36. The summed E-state index contributed by atoms with van der Waals surface area (Å²) in [5.41, 5.74) is 2.83. The molecule has 6 nitrogen and oxygen atoms in total. The highest BCUT2D eigenvalue weighted by atomic mass is 32.2. The summed E-state index contributed by atoms with van der Waals surface area (Å²) in [4.78, 5) is 14.0. The fraction of sp³-hybridized carbons (Fsp3) is 0.500. The SMILES string of the molecule is CC(=O)N1CCCc2cc(S(=O)(=O)N3CCCCC[C@H]3c3cccn3C)ccc21. The molecule has 2 aliphatic heterocycles. The number of benzene rings is 1. The van der Waals surface area contributed by atoms with Gasteiger partial charge in [-0.3, -0.25) is 4.79 Å². The Morgan fingerprint density at radius 1 is 1.07 bits per heavy atom. The van der Waals surface area contributed by atoms with E-state index in [9.17, 15) is 13.2 Å². The van der Waals surface area contributed by atoms with Gasteiger partial charge in [-0.1, -0.05) is 12.8 Å². The maximum absolute atomic E-state index is 13.7. The second-order valence-corrected chi connectivity index (χ2v) is 9.98. The fourth-order valence-corrected chi connectivity index (χ4v) is 6.40.